The molecule has 5 heteroatoms. The Morgan fingerprint density at radius 3 is 1.44 bits per heavy atom. The third kappa shape index (κ3) is 6.15. The minimum absolute atomic E-state index is 0.188. The van der Waals surface area contributed by atoms with Crippen LogP contribution in [0.1, 0.15) is 80.6 Å². The molecule has 2 nitrogen and oxygen atoms in total. The highest BCUT2D eigenvalue weighted by Gasteiger charge is 2.39. The van der Waals surface area contributed by atoms with Crippen LogP contribution in [-0.4, -0.2) is 23.9 Å². The van der Waals surface area contributed by atoms with Crippen molar-refractivity contribution in [1.29, 1.82) is 0 Å². The Morgan fingerprint density at radius 2 is 0.979 bits per heavy atom. The number of halogens is 1. The fraction of sp³-hybridized carbons (Fsp3) is 0.302. The molecule has 0 heterocycles. The van der Waals surface area contributed by atoms with Gasteiger partial charge in [-0.15, -0.1) is 0 Å². The zero-order valence-corrected chi connectivity index (χ0v) is 32.4. The molecule has 0 aromatic heterocycles. The van der Waals surface area contributed by atoms with Gasteiger partial charge in [0.05, 0.1) is 0 Å². The van der Waals surface area contributed by atoms with Crippen LogP contribution in [0.4, 0.5) is 0 Å². The van der Waals surface area contributed by atoms with Gasteiger partial charge in [0.25, 0.3) is 0 Å². The zero-order chi connectivity index (χ0) is 35.4. The summed E-state index contributed by atoms with van der Waals surface area (Å²) in [4.78, 5) is 0. The highest BCUT2D eigenvalue weighted by Crippen LogP contribution is 2.47. The van der Waals surface area contributed by atoms with Gasteiger partial charge in [0, 0.05) is 9.89 Å². The normalized spacial score (nSPS) is 12.6. The van der Waals surface area contributed by atoms with Gasteiger partial charge in [0.15, 0.2) is 0 Å². The van der Waals surface area contributed by atoms with Crippen LogP contribution in [0.25, 0.3) is 11.1 Å². The van der Waals surface area contributed by atoms with Gasteiger partial charge in [-0.1, -0.05) is 157 Å². The van der Waals surface area contributed by atoms with E-state index in [1.54, 1.807) is 6.07 Å². The van der Waals surface area contributed by atoms with Gasteiger partial charge in [-0.2, -0.15) is 0 Å². The quantitative estimate of drug-likeness (QED) is 0.189. The number of aryl methyl sites for hydroxylation is 6. The van der Waals surface area contributed by atoms with Gasteiger partial charge in [-0.05, 0) is 108 Å². The summed E-state index contributed by atoms with van der Waals surface area (Å²) in [5.74, 6) is 0. The van der Waals surface area contributed by atoms with Gasteiger partial charge >= 0.3 is 7.12 Å². The summed E-state index contributed by atoms with van der Waals surface area (Å²) in [6.45, 7) is 27.1. The Kier molecular flexibility index (Phi) is 10.1. The zero-order valence-electron chi connectivity index (χ0n) is 30.8. The van der Waals surface area contributed by atoms with E-state index in [9.17, 15) is 10.0 Å². The van der Waals surface area contributed by atoms with E-state index in [0.717, 1.165) is 11.1 Å². The van der Waals surface area contributed by atoms with Crippen molar-refractivity contribution in [3.63, 3.8) is 0 Å². The van der Waals surface area contributed by atoms with Crippen molar-refractivity contribution in [2.75, 3.05) is 0 Å². The lowest BCUT2D eigenvalue weighted by Gasteiger charge is -2.29. The second-order valence-electron chi connectivity index (χ2n) is 14.6. The van der Waals surface area contributed by atoms with Crippen LogP contribution >= 0.6 is 15.9 Å². The highest BCUT2D eigenvalue weighted by molar-refractivity contribution is 9.10. The molecular formula is C43H49B2BrO2. The van der Waals surface area contributed by atoms with Crippen molar-refractivity contribution in [3.8, 4) is 11.1 Å². The van der Waals surface area contributed by atoms with Crippen molar-refractivity contribution < 1.29 is 10.0 Å². The third-order valence-electron chi connectivity index (χ3n) is 10.8. The first-order valence-electron chi connectivity index (χ1n) is 17.0. The number of hydrogen-bond donors (Lipinski definition) is 2. The molecule has 1 aliphatic carbocycles. The van der Waals surface area contributed by atoms with Gasteiger partial charge in [-0.25, -0.2) is 0 Å². The fourth-order valence-electron chi connectivity index (χ4n) is 8.56. The van der Waals surface area contributed by atoms with Crippen molar-refractivity contribution >= 4 is 51.6 Å². The Hall–Kier alpha value is -3.37. The molecule has 246 valence electrons. The maximum atomic E-state index is 9.55. The van der Waals surface area contributed by atoms with Gasteiger partial charge in [-0.3, -0.25) is 0 Å². The van der Waals surface area contributed by atoms with E-state index in [1.807, 2.05) is 18.2 Å². The smallest absolute Gasteiger partial charge is 0.423 e. The minimum Gasteiger partial charge on any atom is -0.423 e. The maximum absolute atomic E-state index is 9.55. The predicted octanol–water partition coefficient (Wildman–Crippen LogP) is 7.72. The molecule has 0 fully saturated rings. The summed E-state index contributed by atoms with van der Waals surface area (Å²) in [5, 5.41) is 19.1. The minimum atomic E-state index is -1.42. The lowest BCUT2D eigenvalue weighted by molar-refractivity contribution is 0.424. The molecule has 6 rings (SSSR count). The molecule has 48 heavy (non-hydrogen) atoms. The molecule has 2 N–H and O–H groups in total. The average Bonchev–Trinajstić information content (AvgIpc) is 3.25. The van der Waals surface area contributed by atoms with Gasteiger partial charge in [0.1, 0.15) is 0 Å². The van der Waals surface area contributed by atoms with Gasteiger partial charge in [0.2, 0.25) is 6.71 Å². The van der Waals surface area contributed by atoms with E-state index in [4.69, 9.17) is 0 Å². The SMILES string of the molecule is CC1(C)c2ccccc2-c2cccc(B(O)O)c21.Cc1cc(C)c(B(c2c(C)cc(C)cc2C)c2c(C)c(C)c(Br)c(C)c2C)c(C)c1. The second-order valence-corrected chi connectivity index (χ2v) is 15.4. The average molecular weight is 699 g/mol. The summed E-state index contributed by atoms with van der Waals surface area (Å²) in [5.41, 5.74) is 23.1. The number of rotatable bonds is 4. The summed E-state index contributed by atoms with van der Waals surface area (Å²) < 4.78 is 1.25. The predicted molar refractivity (Wildman–Crippen MR) is 213 cm³/mol. The first kappa shape index (κ1) is 35.9. The first-order chi connectivity index (χ1) is 22.5. The van der Waals surface area contributed by atoms with Crippen LogP contribution < -0.4 is 21.9 Å². The summed E-state index contributed by atoms with van der Waals surface area (Å²) in [6, 6.07) is 23.4. The molecule has 0 radical (unpaired) electrons. The van der Waals surface area contributed by atoms with E-state index < -0.39 is 7.12 Å². The maximum Gasteiger partial charge on any atom is 0.488 e. The lowest BCUT2D eigenvalue weighted by Crippen LogP contribution is -2.57. The molecular weight excluding hydrogens is 650 g/mol. The van der Waals surface area contributed by atoms with Crippen molar-refractivity contribution in [3.05, 3.63) is 138 Å². The molecule has 0 spiro atoms. The standard InChI is InChI=1S/C28H34BBr.C15H15BO2/c1-15-11-17(3)25(18(4)12-15)29(26-19(5)13-16(2)14-20(26)6)27-21(7)23(9)28(30)24(10)22(27)8;1-15(2)12-8-4-3-6-10(12)11-7-5-9-13(14(11)15)16(17)18/h11-14H,1-10H3;3-9,17-18H,1-2H3. The molecule has 5 aromatic rings. The summed E-state index contributed by atoms with van der Waals surface area (Å²) in [6.07, 6.45) is 0. The molecule has 0 unspecified atom stereocenters. The van der Waals surface area contributed by atoms with E-state index in [-0.39, 0.29) is 12.1 Å². The summed E-state index contributed by atoms with van der Waals surface area (Å²) >= 11 is 3.85. The molecule has 0 atom stereocenters. The number of fused-ring (bicyclic) bond motifs is 3. The molecule has 0 saturated carbocycles. The first-order valence-corrected chi connectivity index (χ1v) is 17.8. The molecule has 1 aliphatic rings. The number of benzene rings is 5. The van der Waals surface area contributed by atoms with E-state index in [2.05, 4.69) is 141 Å². The van der Waals surface area contributed by atoms with E-state index in [0.29, 0.717) is 5.46 Å². The third-order valence-corrected chi connectivity index (χ3v) is 12.0. The Labute approximate surface area is 298 Å². The highest BCUT2D eigenvalue weighted by atomic mass is 79.9. The Morgan fingerprint density at radius 1 is 0.542 bits per heavy atom. The van der Waals surface area contributed by atoms with Crippen LogP contribution in [0.5, 0.6) is 0 Å². The topological polar surface area (TPSA) is 40.5 Å². The fourth-order valence-corrected chi connectivity index (χ4v) is 9.15. The molecule has 0 saturated heterocycles. The Balaban J connectivity index is 0.000000212. The van der Waals surface area contributed by atoms with Gasteiger partial charge < -0.3 is 10.0 Å². The van der Waals surface area contributed by atoms with Crippen molar-refractivity contribution in [2.24, 2.45) is 0 Å². The van der Waals surface area contributed by atoms with E-state index >= 15 is 0 Å². The summed E-state index contributed by atoms with van der Waals surface area (Å²) in [7, 11) is -1.42. The van der Waals surface area contributed by atoms with Crippen molar-refractivity contribution in [1.82, 2.24) is 0 Å². The monoisotopic (exact) mass is 698 g/mol. The Bertz CT molecular complexity index is 1920. The lowest BCUT2D eigenvalue weighted by atomic mass is 9.32. The van der Waals surface area contributed by atoms with E-state index in [1.165, 1.54) is 87.6 Å². The van der Waals surface area contributed by atoms with Crippen LogP contribution in [0, 0.1) is 69.2 Å². The van der Waals surface area contributed by atoms with Crippen LogP contribution in [-0.2, 0) is 5.41 Å². The largest absolute Gasteiger partial charge is 0.488 e. The molecule has 0 aliphatic heterocycles. The van der Waals surface area contributed by atoms with Crippen LogP contribution in [0.3, 0.4) is 0 Å². The van der Waals surface area contributed by atoms with Crippen LogP contribution in [0.2, 0.25) is 0 Å². The van der Waals surface area contributed by atoms with Crippen LogP contribution in [0.15, 0.2) is 71.2 Å². The molecule has 0 bridgehead atoms. The molecule has 5 aromatic carbocycles. The second kappa shape index (κ2) is 13.5. The van der Waals surface area contributed by atoms with Crippen molar-refractivity contribution in [2.45, 2.75) is 88.5 Å². The molecule has 0 amide bonds. The number of hydrogen-bond acceptors (Lipinski definition) is 2.